The van der Waals surface area contributed by atoms with Crippen LogP contribution >= 0.6 is 0 Å². The molecule has 0 heterocycles. The molecular weight excluding hydrogens is 344 g/mol. The van der Waals surface area contributed by atoms with E-state index in [-0.39, 0.29) is 31.5 Å². The number of rotatable bonds is 8. The van der Waals surface area contributed by atoms with Gasteiger partial charge in [0.2, 0.25) is 15.9 Å². The molecule has 1 aromatic rings. The van der Waals surface area contributed by atoms with Gasteiger partial charge in [0.05, 0.1) is 30.7 Å². The Morgan fingerprint density at radius 2 is 1.88 bits per heavy atom. The fraction of sp³-hybridized carbons (Fsp3) is 0.529. The summed E-state index contributed by atoms with van der Waals surface area (Å²) in [7, 11) is -3.51. The maximum absolute atomic E-state index is 12.1. The van der Waals surface area contributed by atoms with Crippen LogP contribution in [0, 0.1) is 5.92 Å². The molecule has 8 heteroatoms. The summed E-state index contributed by atoms with van der Waals surface area (Å²) in [5.74, 6) is -0.402. The number of amides is 1. The minimum atomic E-state index is -3.51. The molecule has 0 bridgehead atoms. The molecule has 0 saturated heterocycles. The molecular formula is C17H24N2O5S. The molecule has 1 amide bonds. The van der Waals surface area contributed by atoms with Crippen molar-refractivity contribution in [2.75, 3.05) is 30.3 Å². The van der Waals surface area contributed by atoms with Crippen LogP contribution < -0.4 is 9.62 Å². The number of hydrogen-bond donors (Lipinski definition) is 1. The van der Waals surface area contributed by atoms with Crippen molar-refractivity contribution in [2.24, 2.45) is 5.92 Å². The summed E-state index contributed by atoms with van der Waals surface area (Å²) in [4.78, 5) is 23.5. The van der Waals surface area contributed by atoms with Gasteiger partial charge in [-0.05, 0) is 44.0 Å². The summed E-state index contributed by atoms with van der Waals surface area (Å²) in [6.45, 7) is 2.37. The molecule has 138 valence electrons. The van der Waals surface area contributed by atoms with Gasteiger partial charge in [-0.15, -0.1) is 0 Å². The van der Waals surface area contributed by atoms with Gasteiger partial charge in [-0.3, -0.25) is 9.10 Å². The Hall–Kier alpha value is -2.09. The smallest absolute Gasteiger partial charge is 0.338 e. The van der Waals surface area contributed by atoms with E-state index in [1.165, 1.54) is 16.4 Å². The number of carbonyl (C=O) groups excluding carboxylic acids is 2. The quantitative estimate of drug-likeness (QED) is 0.703. The number of ether oxygens (including phenoxy) is 1. The zero-order chi connectivity index (χ0) is 18.4. The molecule has 1 aliphatic rings. The first-order valence-electron chi connectivity index (χ1n) is 8.35. The Kier molecular flexibility index (Phi) is 6.41. The molecule has 1 aromatic carbocycles. The Balaban J connectivity index is 2.01. The molecule has 0 radical (unpaired) electrons. The Labute approximate surface area is 148 Å². The standard InChI is InChI=1S/C17H24N2O5S/c1-3-24-17(21)14-7-9-15(10-8-14)19(25(2,22)23)12-11-18-16(20)13-5-4-6-13/h7-10,13H,3-6,11-12H2,1-2H3,(H,18,20). The van der Waals surface area contributed by atoms with Gasteiger partial charge in [-0.2, -0.15) is 0 Å². The van der Waals surface area contributed by atoms with Crippen molar-refractivity contribution >= 4 is 27.6 Å². The molecule has 25 heavy (non-hydrogen) atoms. The largest absolute Gasteiger partial charge is 0.462 e. The van der Waals surface area contributed by atoms with Crippen LogP contribution in [0.1, 0.15) is 36.5 Å². The third kappa shape index (κ3) is 5.19. The topological polar surface area (TPSA) is 92.8 Å². The number of carbonyl (C=O) groups is 2. The fourth-order valence-electron chi connectivity index (χ4n) is 2.56. The van der Waals surface area contributed by atoms with Gasteiger partial charge >= 0.3 is 5.97 Å². The zero-order valence-corrected chi connectivity index (χ0v) is 15.3. The van der Waals surface area contributed by atoms with E-state index in [2.05, 4.69) is 5.32 Å². The van der Waals surface area contributed by atoms with Gasteiger partial charge in [0.25, 0.3) is 0 Å². The van der Waals surface area contributed by atoms with Gasteiger partial charge in [0.1, 0.15) is 0 Å². The Morgan fingerprint density at radius 3 is 2.36 bits per heavy atom. The maximum Gasteiger partial charge on any atom is 0.338 e. The number of anilines is 1. The maximum atomic E-state index is 12.1. The number of hydrogen-bond acceptors (Lipinski definition) is 5. The Bertz CT molecular complexity index is 711. The van der Waals surface area contributed by atoms with Crippen LogP contribution in [-0.4, -0.2) is 46.2 Å². The first-order chi connectivity index (χ1) is 11.8. The van der Waals surface area contributed by atoms with E-state index in [0.717, 1.165) is 25.5 Å². The minimum Gasteiger partial charge on any atom is -0.462 e. The van der Waals surface area contributed by atoms with Crippen molar-refractivity contribution < 1.29 is 22.7 Å². The summed E-state index contributed by atoms with van der Waals surface area (Å²) >= 11 is 0. The lowest BCUT2D eigenvalue weighted by molar-refractivity contribution is -0.127. The van der Waals surface area contributed by atoms with Crippen LogP contribution in [0.3, 0.4) is 0 Å². The predicted octanol–water partition coefficient (Wildman–Crippen LogP) is 1.55. The highest BCUT2D eigenvalue weighted by molar-refractivity contribution is 7.92. The number of nitrogens with one attached hydrogen (secondary N) is 1. The second kappa shape index (κ2) is 8.33. The molecule has 0 unspecified atom stereocenters. The van der Waals surface area contributed by atoms with Gasteiger partial charge in [0.15, 0.2) is 0 Å². The molecule has 0 aliphatic heterocycles. The van der Waals surface area contributed by atoms with Crippen molar-refractivity contribution in [3.05, 3.63) is 29.8 Å². The molecule has 0 aromatic heterocycles. The highest BCUT2D eigenvalue weighted by Crippen LogP contribution is 2.26. The predicted molar refractivity (Wildman–Crippen MR) is 94.9 cm³/mol. The van der Waals surface area contributed by atoms with Crippen molar-refractivity contribution in [3.63, 3.8) is 0 Å². The van der Waals surface area contributed by atoms with Gasteiger partial charge in [-0.1, -0.05) is 6.42 Å². The van der Waals surface area contributed by atoms with Crippen molar-refractivity contribution in [1.29, 1.82) is 0 Å². The zero-order valence-electron chi connectivity index (χ0n) is 14.5. The van der Waals surface area contributed by atoms with E-state index in [1.54, 1.807) is 19.1 Å². The highest BCUT2D eigenvalue weighted by Gasteiger charge is 2.25. The fourth-order valence-corrected chi connectivity index (χ4v) is 3.49. The summed E-state index contributed by atoms with van der Waals surface area (Å²) in [5.41, 5.74) is 0.797. The van der Waals surface area contributed by atoms with Crippen LogP contribution in [-0.2, 0) is 19.6 Å². The summed E-state index contributed by atoms with van der Waals surface area (Å²) in [5, 5.41) is 2.78. The molecule has 1 aliphatic carbocycles. The van der Waals surface area contributed by atoms with Crippen LogP contribution in [0.4, 0.5) is 5.69 Å². The molecule has 1 fully saturated rings. The van der Waals surface area contributed by atoms with Crippen LogP contribution in [0.25, 0.3) is 0 Å². The lowest BCUT2D eigenvalue weighted by Gasteiger charge is -2.26. The van der Waals surface area contributed by atoms with E-state index in [0.29, 0.717) is 11.3 Å². The second-order valence-corrected chi connectivity index (χ2v) is 7.93. The summed E-state index contributed by atoms with van der Waals surface area (Å²) in [6, 6.07) is 6.17. The third-order valence-corrected chi connectivity index (χ3v) is 5.35. The number of nitrogens with zero attached hydrogens (tertiary/aromatic N) is 1. The van der Waals surface area contributed by atoms with E-state index in [4.69, 9.17) is 4.74 Å². The van der Waals surface area contributed by atoms with Crippen molar-refractivity contribution in [3.8, 4) is 0 Å². The Morgan fingerprint density at radius 1 is 1.24 bits per heavy atom. The third-order valence-electron chi connectivity index (χ3n) is 4.16. The first-order valence-corrected chi connectivity index (χ1v) is 10.2. The van der Waals surface area contributed by atoms with Gasteiger partial charge < -0.3 is 10.1 Å². The van der Waals surface area contributed by atoms with E-state index in [1.807, 2.05) is 0 Å². The number of sulfonamides is 1. The van der Waals surface area contributed by atoms with E-state index in [9.17, 15) is 18.0 Å². The summed E-state index contributed by atoms with van der Waals surface area (Å²) < 4.78 is 30.2. The van der Waals surface area contributed by atoms with Crippen molar-refractivity contribution in [2.45, 2.75) is 26.2 Å². The monoisotopic (exact) mass is 368 g/mol. The average Bonchev–Trinajstić information content (AvgIpc) is 2.49. The van der Waals surface area contributed by atoms with Crippen LogP contribution in [0.2, 0.25) is 0 Å². The minimum absolute atomic E-state index is 0.0163. The van der Waals surface area contributed by atoms with Crippen LogP contribution in [0.15, 0.2) is 24.3 Å². The lowest BCUT2D eigenvalue weighted by atomic mass is 9.85. The number of benzene rings is 1. The average molecular weight is 368 g/mol. The normalized spacial score (nSPS) is 14.5. The molecule has 1 N–H and O–H groups in total. The SMILES string of the molecule is CCOC(=O)c1ccc(N(CCNC(=O)C2CCC2)S(C)(=O)=O)cc1. The van der Waals surface area contributed by atoms with E-state index < -0.39 is 16.0 Å². The molecule has 0 atom stereocenters. The number of esters is 1. The van der Waals surface area contributed by atoms with Gasteiger partial charge in [0, 0.05) is 12.5 Å². The highest BCUT2D eigenvalue weighted by atomic mass is 32.2. The molecule has 2 rings (SSSR count). The first kappa shape index (κ1) is 19.2. The van der Waals surface area contributed by atoms with Crippen LogP contribution in [0.5, 0.6) is 0 Å². The lowest BCUT2D eigenvalue weighted by Crippen LogP contribution is -2.41. The second-order valence-electron chi connectivity index (χ2n) is 6.02. The molecule has 7 nitrogen and oxygen atoms in total. The van der Waals surface area contributed by atoms with Crippen molar-refractivity contribution in [1.82, 2.24) is 5.32 Å². The van der Waals surface area contributed by atoms with E-state index >= 15 is 0 Å². The van der Waals surface area contributed by atoms with Gasteiger partial charge in [-0.25, -0.2) is 13.2 Å². The summed E-state index contributed by atoms with van der Waals surface area (Å²) in [6.07, 6.45) is 3.98. The molecule has 1 saturated carbocycles. The molecule has 0 spiro atoms.